The van der Waals surface area contributed by atoms with Crippen LogP contribution in [0.3, 0.4) is 0 Å². The molecule has 1 atom stereocenters. The van der Waals surface area contributed by atoms with E-state index in [1.807, 2.05) is 31.2 Å². The molecule has 0 aliphatic carbocycles. The third-order valence-corrected chi connectivity index (χ3v) is 5.46. The molecular weight excluding hydrogens is 370 g/mol. The summed E-state index contributed by atoms with van der Waals surface area (Å²) >= 11 is 0. The number of benzene rings is 2. The number of nitro groups is 1. The molecule has 3 rings (SSSR count). The van der Waals surface area contributed by atoms with Crippen molar-refractivity contribution in [1.82, 2.24) is 0 Å². The van der Waals surface area contributed by atoms with Gasteiger partial charge in [0.15, 0.2) is 9.84 Å². The highest BCUT2D eigenvalue weighted by molar-refractivity contribution is 7.90. The molecule has 0 radical (unpaired) electrons. The van der Waals surface area contributed by atoms with Crippen molar-refractivity contribution < 1.29 is 18.1 Å². The Morgan fingerprint density at radius 2 is 1.93 bits per heavy atom. The standard InChI is InChI=1S/C18H21N3O5S/c1-13-12-20(9-10-26-13)15-5-3-14(4-6-15)19-17-8-7-16(21(22)23)11-18(17)27(2,24)25/h3-8,11,13,19H,9-10,12H2,1-2H3. The molecule has 2 aromatic carbocycles. The summed E-state index contributed by atoms with van der Waals surface area (Å²) in [5, 5.41) is 14.0. The topological polar surface area (TPSA) is 102 Å². The highest BCUT2D eigenvalue weighted by atomic mass is 32.2. The molecule has 8 nitrogen and oxygen atoms in total. The van der Waals surface area contributed by atoms with Gasteiger partial charge in [-0.1, -0.05) is 0 Å². The van der Waals surface area contributed by atoms with E-state index in [1.54, 1.807) is 0 Å². The van der Waals surface area contributed by atoms with Crippen LogP contribution in [0, 0.1) is 10.1 Å². The van der Waals surface area contributed by atoms with Gasteiger partial charge in [0, 0.05) is 42.9 Å². The van der Waals surface area contributed by atoms with Gasteiger partial charge in [0.2, 0.25) is 0 Å². The van der Waals surface area contributed by atoms with Crippen LogP contribution in [0.2, 0.25) is 0 Å². The average molecular weight is 391 g/mol. The van der Waals surface area contributed by atoms with Crippen LogP contribution in [0.1, 0.15) is 6.92 Å². The van der Waals surface area contributed by atoms with E-state index in [4.69, 9.17) is 4.74 Å². The van der Waals surface area contributed by atoms with Crippen molar-refractivity contribution >= 4 is 32.6 Å². The maximum absolute atomic E-state index is 12.0. The Balaban J connectivity index is 1.84. The number of rotatable bonds is 5. The second-order valence-electron chi connectivity index (χ2n) is 6.51. The van der Waals surface area contributed by atoms with E-state index in [2.05, 4.69) is 10.2 Å². The van der Waals surface area contributed by atoms with Gasteiger partial charge in [-0.15, -0.1) is 0 Å². The van der Waals surface area contributed by atoms with E-state index in [0.717, 1.165) is 31.1 Å². The molecule has 1 heterocycles. The summed E-state index contributed by atoms with van der Waals surface area (Å²) in [7, 11) is -3.63. The van der Waals surface area contributed by atoms with Gasteiger partial charge in [0.1, 0.15) is 0 Å². The largest absolute Gasteiger partial charge is 0.375 e. The SMILES string of the molecule is CC1CN(c2ccc(Nc3ccc([N+](=O)[O-])cc3S(C)(=O)=O)cc2)CCO1. The predicted molar refractivity (Wildman–Crippen MR) is 104 cm³/mol. The molecule has 1 N–H and O–H groups in total. The highest BCUT2D eigenvalue weighted by Gasteiger charge is 2.19. The molecule has 27 heavy (non-hydrogen) atoms. The Kier molecular flexibility index (Phi) is 5.33. The fourth-order valence-corrected chi connectivity index (χ4v) is 3.85. The van der Waals surface area contributed by atoms with Crippen molar-refractivity contribution in [3.05, 3.63) is 52.6 Å². The van der Waals surface area contributed by atoms with E-state index in [1.165, 1.54) is 12.1 Å². The molecule has 0 amide bonds. The first-order chi connectivity index (χ1) is 12.7. The van der Waals surface area contributed by atoms with Gasteiger partial charge in [-0.25, -0.2) is 8.42 Å². The van der Waals surface area contributed by atoms with Crippen LogP contribution in [-0.4, -0.2) is 45.4 Å². The van der Waals surface area contributed by atoms with Crippen molar-refractivity contribution in [2.45, 2.75) is 17.9 Å². The van der Waals surface area contributed by atoms with Gasteiger partial charge in [0.25, 0.3) is 5.69 Å². The Morgan fingerprint density at radius 1 is 1.22 bits per heavy atom. The first-order valence-corrected chi connectivity index (χ1v) is 10.4. The summed E-state index contributed by atoms with van der Waals surface area (Å²) in [6.07, 6.45) is 1.20. The first kappa shape index (κ1) is 19.1. The minimum Gasteiger partial charge on any atom is -0.375 e. The van der Waals surface area contributed by atoms with Crippen LogP contribution < -0.4 is 10.2 Å². The Bertz CT molecular complexity index is 944. The predicted octanol–water partition coefficient (Wildman–Crippen LogP) is 2.97. The number of sulfone groups is 1. The lowest BCUT2D eigenvalue weighted by Crippen LogP contribution is -2.41. The maximum atomic E-state index is 12.0. The zero-order valence-electron chi connectivity index (χ0n) is 15.1. The van der Waals surface area contributed by atoms with Crippen LogP contribution >= 0.6 is 0 Å². The molecule has 0 aromatic heterocycles. The quantitative estimate of drug-likeness (QED) is 0.617. The minimum atomic E-state index is -3.63. The fraction of sp³-hybridized carbons (Fsp3) is 0.333. The molecule has 1 saturated heterocycles. The van der Waals surface area contributed by atoms with Gasteiger partial charge in [-0.2, -0.15) is 0 Å². The number of anilines is 3. The van der Waals surface area contributed by atoms with Crippen molar-refractivity contribution in [1.29, 1.82) is 0 Å². The third-order valence-electron chi connectivity index (χ3n) is 4.33. The number of hydrogen-bond donors (Lipinski definition) is 1. The van der Waals surface area contributed by atoms with Crippen molar-refractivity contribution in [2.24, 2.45) is 0 Å². The smallest absolute Gasteiger partial charge is 0.270 e. The lowest BCUT2D eigenvalue weighted by Gasteiger charge is -2.33. The average Bonchev–Trinajstić information content (AvgIpc) is 2.61. The summed E-state index contributed by atoms with van der Waals surface area (Å²) in [4.78, 5) is 12.4. The number of ether oxygens (including phenoxy) is 1. The molecule has 1 unspecified atom stereocenters. The summed E-state index contributed by atoms with van der Waals surface area (Å²) in [5.41, 5.74) is 1.79. The van der Waals surface area contributed by atoms with Crippen LogP contribution in [0.25, 0.3) is 0 Å². The van der Waals surface area contributed by atoms with Gasteiger partial charge >= 0.3 is 0 Å². The van der Waals surface area contributed by atoms with E-state index < -0.39 is 14.8 Å². The molecular formula is C18H21N3O5S. The number of hydrogen-bond acceptors (Lipinski definition) is 7. The lowest BCUT2D eigenvalue weighted by atomic mass is 10.2. The van der Waals surface area contributed by atoms with Crippen LogP contribution in [0.4, 0.5) is 22.7 Å². The van der Waals surface area contributed by atoms with Gasteiger partial charge in [-0.3, -0.25) is 10.1 Å². The maximum Gasteiger partial charge on any atom is 0.270 e. The zero-order chi connectivity index (χ0) is 19.6. The van der Waals surface area contributed by atoms with E-state index in [0.29, 0.717) is 18.0 Å². The number of nitro benzene ring substituents is 1. The number of non-ortho nitro benzene ring substituents is 1. The van der Waals surface area contributed by atoms with E-state index in [9.17, 15) is 18.5 Å². The normalized spacial score (nSPS) is 17.6. The van der Waals surface area contributed by atoms with Crippen molar-refractivity contribution in [2.75, 3.05) is 36.2 Å². The highest BCUT2D eigenvalue weighted by Crippen LogP contribution is 2.30. The van der Waals surface area contributed by atoms with Gasteiger partial charge in [0.05, 0.1) is 28.2 Å². The number of nitrogens with one attached hydrogen (secondary N) is 1. The number of morpholine rings is 1. The van der Waals surface area contributed by atoms with Gasteiger partial charge < -0.3 is 15.0 Å². The molecule has 2 aromatic rings. The molecule has 1 fully saturated rings. The van der Waals surface area contributed by atoms with Crippen LogP contribution in [0.15, 0.2) is 47.4 Å². The van der Waals surface area contributed by atoms with Crippen LogP contribution in [-0.2, 0) is 14.6 Å². The molecule has 144 valence electrons. The Hall–Kier alpha value is -2.65. The molecule has 1 aliphatic rings. The van der Waals surface area contributed by atoms with Crippen molar-refractivity contribution in [3.8, 4) is 0 Å². The fourth-order valence-electron chi connectivity index (χ4n) is 3.00. The summed E-state index contributed by atoms with van der Waals surface area (Å²) < 4.78 is 29.6. The van der Waals surface area contributed by atoms with E-state index >= 15 is 0 Å². The molecule has 1 aliphatic heterocycles. The van der Waals surface area contributed by atoms with Gasteiger partial charge in [-0.05, 0) is 37.3 Å². The minimum absolute atomic E-state index is 0.109. The Labute approximate surface area is 157 Å². The Morgan fingerprint density at radius 3 is 2.52 bits per heavy atom. The third kappa shape index (κ3) is 4.55. The summed E-state index contributed by atoms with van der Waals surface area (Å²) in [5.74, 6) is 0. The molecule has 0 bridgehead atoms. The van der Waals surface area contributed by atoms with E-state index in [-0.39, 0.29) is 16.7 Å². The summed E-state index contributed by atoms with van der Waals surface area (Å²) in [6.45, 7) is 4.34. The van der Waals surface area contributed by atoms with Crippen LogP contribution in [0.5, 0.6) is 0 Å². The molecule has 0 spiro atoms. The monoisotopic (exact) mass is 391 g/mol. The second kappa shape index (κ2) is 7.53. The zero-order valence-corrected chi connectivity index (χ0v) is 15.9. The first-order valence-electron chi connectivity index (χ1n) is 8.46. The van der Waals surface area contributed by atoms with Crippen molar-refractivity contribution in [3.63, 3.8) is 0 Å². The molecule has 9 heteroatoms. The second-order valence-corrected chi connectivity index (χ2v) is 8.49. The lowest BCUT2D eigenvalue weighted by molar-refractivity contribution is -0.385. The molecule has 0 saturated carbocycles. The number of nitrogens with zero attached hydrogens (tertiary/aromatic N) is 2. The summed E-state index contributed by atoms with van der Waals surface area (Å²) in [6, 6.07) is 11.4.